The van der Waals surface area contributed by atoms with Crippen LogP contribution in [0, 0.1) is 5.92 Å². The fourth-order valence-corrected chi connectivity index (χ4v) is 4.07. The number of hydrogen-bond acceptors (Lipinski definition) is 4. The maximum absolute atomic E-state index is 6.12. The minimum Gasteiger partial charge on any atom is -0.382 e. The van der Waals surface area contributed by atoms with Crippen LogP contribution in [0.2, 0.25) is 0 Å². The van der Waals surface area contributed by atoms with Crippen molar-refractivity contribution in [1.82, 2.24) is 4.37 Å². The van der Waals surface area contributed by atoms with Gasteiger partial charge in [-0.3, -0.25) is 0 Å². The molecule has 0 unspecified atom stereocenters. The van der Waals surface area contributed by atoms with Crippen molar-refractivity contribution in [3.8, 4) is 11.1 Å². The highest BCUT2D eigenvalue weighted by molar-refractivity contribution is 7.11. The lowest BCUT2D eigenvalue weighted by atomic mass is 9.89. The first-order valence-corrected chi connectivity index (χ1v) is 8.54. The molecule has 0 amide bonds. The Balaban J connectivity index is 1.82. The Morgan fingerprint density at radius 1 is 1.19 bits per heavy atom. The average Bonchev–Trinajstić information content (AvgIpc) is 2.91. The first-order valence-electron chi connectivity index (χ1n) is 7.77. The van der Waals surface area contributed by atoms with Crippen LogP contribution in [-0.2, 0) is 0 Å². The van der Waals surface area contributed by atoms with E-state index in [1.54, 1.807) is 0 Å². The van der Waals surface area contributed by atoms with Gasteiger partial charge in [0.15, 0.2) is 0 Å². The highest BCUT2D eigenvalue weighted by Gasteiger charge is 2.20. The summed E-state index contributed by atoms with van der Waals surface area (Å²) in [5.41, 5.74) is 8.37. The van der Waals surface area contributed by atoms with E-state index in [2.05, 4.69) is 40.6 Å². The minimum absolute atomic E-state index is 0.650. The molecule has 2 N–H and O–H groups in total. The summed E-state index contributed by atoms with van der Waals surface area (Å²) in [4.78, 5) is 2.35. The topological polar surface area (TPSA) is 42.2 Å². The summed E-state index contributed by atoms with van der Waals surface area (Å²) in [7, 11) is 2.17. The van der Waals surface area contributed by atoms with Gasteiger partial charge < -0.3 is 10.6 Å². The van der Waals surface area contributed by atoms with Crippen LogP contribution < -0.4 is 10.6 Å². The van der Waals surface area contributed by atoms with Gasteiger partial charge in [-0.15, -0.1) is 0 Å². The smallest absolute Gasteiger partial charge is 0.147 e. The van der Waals surface area contributed by atoms with E-state index in [1.807, 2.05) is 6.07 Å². The number of aromatic nitrogens is 1. The number of nitrogens with zero attached hydrogens (tertiary/aromatic N) is 2. The Labute approximate surface area is 131 Å². The first-order chi connectivity index (χ1) is 10.3. The van der Waals surface area contributed by atoms with Crippen LogP contribution in [0.25, 0.3) is 11.1 Å². The quantitative estimate of drug-likeness (QED) is 0.909. The van der Waals surface area contributed by atoms with Crippen molar-refractivity contribution < 1.29 is 0 Å². The van der Waals surface area contributed by atoms with Crippen molar-refractivity contribution in [3.05, 3.63) is 30.3 Å². The number of rotatable bonds is 4. The molecule has 2 aromatic rings. The maximum Gasteiger partial charge on any atom is 0.147 e. The molecule has 1 saturated carbocycles. The van der Waals surface area contributed by atoms with Crippen molar-refractivity contribution in [2.24, 2.45) is 5.92 Å². The van der Waals surface area contributed by atoms with Gasteiger partial charge in [0.05, 0.1) is 5.56 Å². The first kappa shape index (κ1) is 14.4. The van der Waals surface area contributed by atoms with Crippen molar-refractivity contribution in [3.63, 3.8) is 0 Å². The van der Waals surface area contributed by atoms with E-state index in [9.17, 15) is 0 Å². The summed E-state index contributed by atoms with van der Waals surface area (Å²) in [5, 5.41) is 1.20. The lowest BCUT2D eigenvalue weighted by Crippen LogP contribution is -2.26. The molecular weight excluding hydrogens is 278 g/mol. The molecule has 1 aromatic carbocycles. The van der Waals surface area contributed by atoms with Gasteiger partial charge in [0, 0.05) is 13.6 Å². The zero-order chi connectivity index (χ0) is 14.7. The Morgan fingerprint density at radius 3 is 2.62 bits per heavy atom. The molecule has 3 nitrogen and oxygen atoms in total. The van der Waals surface area contributed by atoms with Gasteiger partial charge in [0.25, 0.3) is 0 Å². The van der Waals surface area contributed by atoms with Crippen LogP contribution in [0.1, 0.15) is 32.1 Å². The minimum atomic E-state index is 0.650. The fourth-order valence-electron chi connectivity index (χ4n) is 3.27. The molecule has 0 spiro atoms. The van der Waals surface area contributed by atoms with Gasteiger partial charge in [-0.2, -0.15) is 4.37 Å². The number of nitrogen functional groups attached to an aromatic ring is 1. The van der Waals surface area contributed by atoms with Gasteiger partial charge in [-0.05, 0) is 35.9 Å². The molecule has 0 aliphatic heterocycles. The summed E-state index contributed by atoms with van der Waals surface area (Å²) >= 11 is 1.52. The monoisotopic (exact) mass is 301 g/mol. The van der Waals surface area contributed by atoms with Crippen LogP contribution in [0.5, 0.6) is 0 Å². The van der Waals surface area contributed by atoms with E-state index in [-0.39, 0.29) is 0 Å². The van der Waals surface area contributed by atoms with Crippen molar-refractivity contribution >= 4 is 22.4 Å². The van der Waals surface area contributed by atoms with Crippen molar-refractivity contribution in [2.75, 3.05) is 24.2 Å². The largest absolute Gasteiger partial charge is 0.382 e. The van der Waals surface area contributed by atoms with Crippen molar-refractivity contribution in [1.29, 1.82) is 0 Å². The Kier molecular flexibility index (Phi) is 4.44. The number of benzene rings is 1. The summed E-state index contributed by atoms with van der Waals surface area (Å²) in [6.07, 6.45) is 6.89. The molecule has 1 heterocycles. The zero-order valence-corrected chi connectivity index (χ0v) is 13.4. The molecule has 1 fully saturated rings. The molecule has 0 radical (unpaired) electrons. The van der Waals surface area contributed by atoms with Crippen LogP contribution >= 0.6 is 11.5 Å². The third-order valence-electron chi connectivity index (χ3n) is 4.37. The Morgan fingerprint density at radius 2 is 1.90 bits per heavy atom. The van der Waals surface area contributed by atoms with Crippen LogP contribution in [0.4, 0.5) is 10.8 Å². The van der Waals surface area contributed by atoms with E-state index >= 15 is 0 Å². The Hall–Kier alpha value is -1.55. The predicted molar refractivity (Wildman–Crippen MR) is 91.8 cm³/mol. The van der Waals surface area contributed by atoms with Gasteiger partial charge in [0.1, 0.15) is 10.8 Å². The van der Waals surface area contributed by atoms with E-state index in [1.165, 1.54) is 48.6 Å². The lowest BCUT2D eigenvalue weighted by Gasteiger charge is -2.28. The Bertz CT molecular complexity index is 573. The van der Waals surface area contributed by atoms with E-state index in [0.717, 1.165) is 23.6 Å². The maximum atomic E-state index is 6.12. The highest BCUT2D eigenvalue weighted by atomic mass is 32.1. The van der Waals surface area contributed by atoms with Gasteiger partial charge >= 0.3 is 0 Å². The molecule has 0 bridgehead atoms. The molecule has 0 atom stereocenters. The molecule has 3 rings (SSSR count). The molecule has 1 aliphatic rings. The second-order valence-electron chi connectivity index (χ2n) is 6.00. The molecule has 1 aromatic heterocycles. The molecule has 1 aliphatic carbocycles. The standard InChI is InChI=1S/C17H23N3S/c1-20(12-13-8-4-2-5-9-13)17-15(16(18)19-21-17)14-10-6-3-7-11-14/h3,6-7,10-11,13H,2,4-5,8-9,12H2,1H3,(H2,18,19). The summed E-state index contributed by atoms with van der Waals surface area (Å²) < 4.78 is 4.38. The normalized spacial score (nSPS) is 16.0. The summed E-state index contributed by atoms with van der Waals surface area (Å²) in [6, 6.07) is 10.4. The lowest BCUT2D eigenvalue weighted by molar-refractivity contribution is 0.362. The number of anilines is 2. The number of hydrogen-bond donors (Lipinski definition) is 1. The predicted octanol–water partition coefficient (Wildman–Crippen LogP) is 4.41. The van der Waals surface area contributed by atoms with Gasteiger partial charge in [-0.25, -0.2) is 0 Å². The molecular formula is C17H23N3S. The average molecular weight is 301 g/mol. The third kappa shape index (κ3) is 3.21. The summed E-state index contributed by atoms with van der Waals surface area (Å²) in [6.45, 7) is 1.11. The van der Waals surface area contributed by atoms with Crippen LogP contribution in [0.15, 0.2) is 30.3 Å². The summed E-state index contributed by atoms with van der Waals surface area (Å²) in [5.74, 6) is 1.47. The third-order valence-corrected chi connectivity index (χ3v) is 5.34. The van der Waals surface area contributed by atoms with Crippen LogP contribution in [0.3, 0.4) is 0 Å². The SMILES string of the molecule is CN(CC1CCCCC1)c1snc(N)c1-c1ccccc1. The number of nitrogens with two attached hydrogens (primary N) is 1. The van der Waals surface area contributed by atoms with E-state index in [4.69, 9.17) is 5.73 Å². The molecule has 0 saturated heterocycles. The van der Waals surface area contributed by atoms with Crippen molar-refractivity contribution in [2.45, 2.75) is 32.1 Å². The zero-order valence-electron chi connectivity index (χ0n) is 12.6. The molecule has 112 valence electrons. The second kappa shape index (κ2) is 6.48. The van der Waals surface area contributed by atoms with E-state index < -0.39 is 0 Å². The molecule has 21 heavy (non-hydrogen) atoms. The van der Waals surface area contributed by atoms with Gasteiger partial charge in [0.2, 0.25) is 0 Å². The van der Waals surface area contributed by atoms with Crippen LogP contribution in [-0.4, -0.2) is 18.0 Å². The van der Waals surface area contributed by atoms with Gasteiger partial charge in [-0.1, -0.05) is 49.6 Å². The molecule has 4 heteroatoms. The fraction of sp³-hybridized carbons (Fsp3) is 0.471. The second-order valence-corrected chi connectivity index (χ2v) is 6.75. The van der Waals surface area contributed by atoms with E-state index in [0.29, 0.717) is 5.82 Å². The highest BCUT2D eigenvalue weighted by Crippen LogP contribution is 2.39.